The molecule has 5 nitrogen and oxygen atoms in total. The summed E-state index contributed by atoms with van der Waals surface area (Å²) in [5.41, 5.74) is 3.23. The fourth-order valence-electron chi connectivity index (χ4n) is 2.36. The third-order valence-corrected chi connectivity index (χ3v) is 3.35. The van der Waals surface area contributed by atoms with Gasteiger partial charge in [-0.05, 0) is 30.3 Å². The van der Waals surface area contributed by atoms with Gasteiger partial charge in [-0.2, -0.15) is 10.2 Å². The zero-order valence-corrected chi connectivity index (χ0v) is 10.8. The fraction of sp³-hybridized carbons (Fsp3) is 0. The Hall–Kier alpha value is -3.02. The zero-order valence-electron chi connectivity index (χ0n) is 10.8. The highest BCUT2D eigenvalue weighted by Crippen LogP contribution is 2.29. The molecule has 2 aromatic carbocycles. The van der Waals surface area contributed by atoms with E-state index in [1.165, 1.54) is 18.5 Å². The molecule has 0 saturated carbocycles. The smallest absolute Gasteiger partial charge is 0.155 e. The van der Waals surface area contributed by atoms with Crippen LogP contribution >= 0.6 is 0 Å². The van der Waals surface area contributed by atoms with Crippen LogP contribution in [0, 0.1) is 5.82 Å². The van der Waals surface area contributed by atoms with Gasteiger partial charge in [0.05, 0.1) is 5.52 Å². The van der Waals surface area contributed by atoms with Gasteiger partial charge in [-0.15, -0.1) is 0 Å². The molecule has 21 heavy (non-hydrogen) atoms. The second-order valence-corrected chi connectivity index (χ2v) is 4.68. The average Bonchev–Trinajstić information content (AvgIpc) is 3.16. The lowest BCUT2D eigenvalue weighted by atomic mass is 10.1. The lowest BCUT2D eigenvalue weighted by Gasteiger charge is -2.00. The maximum Gasteiger partial charge on any atom is 0.155 e. The van der Waals surface area contributed by atoms with Crippen molar-refractivity contribution in [2.24, 2.45) is 0 Å². The number of hydrogen-bond acceptors (Lipinski definition) is 3. The van der Waals surface area contributed by atoms with Crippen molar-refractivity contribution in [3.63, 3.8) is 0 Å². The van der Waals surface area contributed by atoms with E-state index in [-0.39, 0.29) is 5.82 Å². The second kappa shape index (κ2) is 4.52. The number of nitrogens with one attached hydrogen (secondary N) is 2. The van der Waals surface area contributed by atoms with Crippen LogP contribution in [-0.2, 0) is 0 Å². The third-order valence-electron chi connectivity index (χ3n) is 3.35. The Bertz CT molecular complexity index is 911. The minimum atomic E-state index is -0.282. The molecule has 0 aliphatic heterocycles. The minimum absolute atomic E-state index is 0.282. The van der Waals surface area contributed by atoms with Gasteiger partial charge in [0.2, 0.25) is 0 Å². The monoisotopic (exact) mass is 279 g/mol. The van der Waals surface area contributed by atoms with Crippen LogP contribution in [0.4, 0.5) is 4.39 Å². The van der Waals surface area contributed by atoms with Crippen LogP contribution in [0.5, 0.6) is 0 Å². The summed E-state index contributed by atoms with van der Waals surface area (Å²) >= 11 is 0. The van der Waals surface area contributed by atoms with E-state index in [4.69, 9.17) is 0 Å². The number of fused-ring (bicyclic) bond motifs is 1. The molecule has 0 atom stereocenters. The summed E-state index contributed by atoms with van der Waals surface area (Å²) in [7, 11) is 0. The molecule has 4 rings (SSSR count). The van der Waals surface area contributed by atoms with Crippen LogP contribution < -0.4 is 0 Å². The fourth-order valence-corrected chi connectivity index (χ4v) is 2.36. The summed E-state index contributed by atoms with van der Waals surface area (Å²) in [6.45, 7) is 0. The molecule has 2 heterocycles. The van der Waals surface area contributed by atoms with Gasteiger partial charge in [0.25, 0.3) is 0 Å². The molecule has 6 heteroatoms. The van der Waals surface area contributed by atoms with Crippen molar-refractivity contribution in [2.75, 3.05) is 0 Å². The van der Waals surface area contributed by atoms with Gasteiger partial charge in [-0.1, -0.05) is 12.1 Å². The Labute approximate surface area is 118 Å². The Morgan fingerprint density at radius 2 is 1.90 bits per heavy atom. The van der Waals surface area contributed by atoms with E-state index < -0.39 is 0 Å². The first kappa shape index (κ1) is 11.8. The molecule has 4 aromatic rings. The van der Waals surface area contributed by atoms with Crippen molar-refractivity contribution in [1.29, 1.82) is 0 Å². The van der Waals surface area contributed by atoms with Gasteiger partial charge in [-0.25, -0.2) is 9.37 Å². The van der Waals surface area contributed by atoms with Crippen molar-refractivity contribution >= 4 is 10.9 Å². The summed E-state index contributed by atoms with van der Waals surface area (Å²) in [6.07, 6.45) is 1.46. The summed E-state index contributed by atoms with van der Waals surface area (Å²) in [5, 5.41) is 14.8. The van der Waals surface area contributed by atoms with E-state index >= 15 is 0 Å². The number of halogens is 1. The van der Waals surface area contributed by atoms with Crippen molar-refractivity contribution in [2.45, 2.75) is 0 Å². The van der Waals surface area contributed by atoms with Crippen LogP contribution in [0.2, 0.25) is 0 Å². The van der Waals surface area contributed by atoms with Crippen LogP contribution in [0.25, 0.3) is 33.5 Å². The Morgan fingerprint density at radius 1 is 0.952 bits per heavy atom. The number of H-pyrrole nitrogens is 2. The first-order chi connectivity index (χ1) is 10.3. The van der Waals surface area contributed by atoms with Crippen molar-refractivity contribution in [3.8, 4) is 22.6 Å². The molecule has 0 aliphatic rings. The summed E-state index contributed by atoms with van der Waals surface area (Å²) in [4.78, 5) is 4.14. The Kier molecular flexibility index (Phi) is 2.53. The molecule has 0 spiro atoms. The number of rotatable bonds is 2. The van der Waals surface area contributed by atoms with Crippen LogP contribution in [0.15, 0.2) is 48.8 Å². The number of aromatic amines is 2. The van der Waals surface area contributed by atoms with Crippen LogP contribution in [-0.4, -0.2) is 25.4 Å². The highest BCUT2D eigenvalue weighted by molar-refractivity contribution is 5.95. The molecular formula is C15H10FN5. The van der Waals surface area contributed by atoms with Crippen molar-refractivity contribution < 1.29 is 4.39 Å². The molecule has 0 unspecified atom stereocenters. The Balaban J connectivity index is 1.92. The summed E-state index contributed by atoms with van der Waals surface area (Å²) < 4.78 is 13.4. The van der Waals surface area contributed by atoms with E-state index in [2.05, 4.69) is 25.4 Å². The molecule has 0 amide bonds. The molecule has 0 fully saturated rings. The molecule has 0 aliphatic carbocycles. The van der Waals surface area contributed by atoms with E-state index in [0.717, 1.165) is 22.0 Å². The Morgan fingerprint density at radius 3 is 2.71 bits per heavy atom. The molecular weight excluding hydrogens is 269 g/mol. The van der Waals surface area contributed by atoms with E-state index in [1.54, 1.807) is 6.07 Å². The van der Waals surface area contributed by atoms with Crippen LogP contribution in [0.3, 0.4) is 0 Å². The van der Waals surface area contributed by atoms with Gasteiger partial charge in [0.15, 0.2) is 5.82 Å². The van der Waals surface area contributed by atoms with E-state index in [1.807, 2.05) is 24.3 Å². The quantitative estimate of drug-likeness (QED) is 0.592. The predicted molar refractivity (Wildman–Crippen MR) is 76.9 cm³/mol. The van der Waals surface area contributed by atoms with Gasteiger partial charge < -0.3 is 0 Å². The van der Waals surface area contributed by atoms with Crippen LogP contribution in [0.1, 0.15) is 0 Å². The molecule has 2 N–H and O–H groups in total. The normalized spacial score (nSPS) is 11.1. The van der Waals surface area contributed by atoms with E-state index in [0.29, 0.717) is 11.5 Å². The average molecular weight is 279 g/mol. The standard InChI is InChI=1S/C15H10FN5/c16-11-3-1-2-9(6-11)14-12-7-10(15-17-8-18-21-15)4-5-13(12)19-20-14/h1-8H,(H,19,20)(H,17,18,21). The van der Waals surface area contributed by atoms with Crippen molar-refractivity contribution in [1.82, 2.24) is 25.4 Å². The zero-order chi connectivity index (χ0) is 14.2. The minimum Gasteiger partial charge on any atom is -0.277 e. The van der Waals surface area contributed by atoms with Gasteiger partial charge >= 0.3 is 0 Å². The SMILES string of the molecule is Fc1cccc(-c2n[nH]c3ccc(-c4ncn[nH]4)cc23)c1. The lowest BCUT2D eigenvalue weighted by Crippen LogP contribution is -1.83. The first-order valence-electron chi connectivity index (χ1n) is 6.41. The maximum absolute atomic E-state index is 13.4. The highest BCUT2D eigenvalue weighted by atomic mass is 19.1. The van der Waals surface area contributed by atoms with E-state index in [9.17, 15) is 4.39 Å². The molecule has 0 bridgehead atoms. The number of aromatic nitrogens is 5. The maximum atomic E-state index is 13.4. The molecule has 0 saturated heterocycles. The predicted octanol–water partition coefficient (Wildman–Crippen LogP) is 3.15. The third kappa shape index (κ3) is 1.97. The van der Waals surface area contributed by atoms with Gasteiger partial charge in [0, 0.05) is 16.5 Å². The van der Waals surface area contributed by atoms with Gasteiger partial charge in [0.1, 0.15) is 17.8 Å². The molecule has 2 aromatic heterocycles. The topological polar surface area (TPSA) is 70.2 Å². The van der Waals surface area contributed by atoms with Gasteiger partial charge in [-0.3, -0.25) is 10.2 Å². The second-order valence-electron chi connectivity index (χ2n) is 4.68. The number of benzene rings is 2. The highest BCUT2D eigenvalue weighted by Gasteiger charge is 2.11. The lowest BCUT2D eigenvalue weighted by molar-refractivity contribution is 0.628. The summed E-state index contributed by atoms with van der Waals surface area (Å²) in [5.74, 6) is 0.401. The number of nitrogens with zero attached hydrogens (tertiary/aromatic N) is 3. The first-order valence-corrected chi connectivity index (χ1v) is 6.41. The molecule has 102 valence electrons. The summed E-state index contributed by atoms with van der Waals surface area (Å²) in [6, 6.07) is 12.2. The number of hydrogen-bond donors (Lipinski definition) is 2. The molecule has 0 radical (unpaired) electrons. The largest absolute Gasteiger partial charge is 0.277 e. The van der Waals surface area contributed by atoms with Crippen molar-refractivity contribution in [3.05, 3.63) is 54.6 Å².